The summed E-state index contributed by atoms with van der Waals surface area (Å²) in [6, 6.07) is 5.46. The summed E-state index contributed by atoms with van der Waals surface area (Å²) in [4.78, 5) is 11.3. The third-order valence-corrected chi connectivity index (χ3v) is 7.57. The number of sulfonamides is 1. The maximum atomic E-state index is 12.6. The normalized spacial score (nSPS) is 21.9. The summed E-state index contributed by atoms with van der Waals surface area (Å²) in [5.41, 5.74) is 2.60. The van der Waals surface area contributed by atoms with Gasteiger partial charge in [0.05, 0.1) is 24.8 Å². The lowest BCUT2D eigenvalue weighted by atomic mass is 9.93. The second-order valence-electron chi connectivity index (χ2n) is 8.51. The Balaban J connectivity index is 1.27. The van der Waals surface area contributed by atoms with Crippen LogP contribution in [0.5, 0.6) is 5.75 Å². The SMILES string of the molecule is Cn1ccc(S(=O)(=O)N[C@H]2CC[C@@H](Oc3cc(N4CCOCC4)cc4nccnc34)CC2)n1. The van der Waals surface area contributed by atoms with E-state index >= 15 is 0 Å². The molecule has 2 aliphatic rings. The molecule has 0 radical (unpaired) electrons. The summed E-state index contributed by atoms with van der Waals surface area (Å²) >= 11 is 0. The Labute approximate surface area is 193 Å². The van der Waals surface area contributed by atoms with E-state index in [4.69, 9.17) is 9.47 Å². The summed E-state index contributed by atoms with van der Waals surface area (Å²) in [5, 5.41) is 4.06. The molecule has 1 saturated heterocycles. The van der Waals surface area contributed by atoms with E-state index in [9.17, 15) is 8.42 Å². The third-order valence-electron chi connectivity index (χ3n) is 6.15. The summed E-state index contributed by atoms with van der Waals surface area (Å²) < 4.78 is 41.3. The summed E-state index contributed by atoms with van der Waals surface area (Å²) in [7, 11) is -1.92. The van der Waals surface area contributed by atoms with Gasteiger partial charge in [0.2, 0.25) is 0 Å². The van der Waals surface area contributed by atoms with Gasteiger partial charge in [-0.05, 0) is 37.8 Å². The fourth-order valence-electron chi connectivity index (χ4n) is 4.42. The molecule has 11 heteroatoms. The van der Waals surface area contributed by atoms with Gasteiger partial charge >= 0.3 is 0 Å². The number of nitrogens with one attached hydrogen (secondary N) is 1. The van der Waals surface area contributed by atoms with Crippen molar-refractivity contribution in [3.8, 4) is 5.75 Å². The number of nitrogens with zero attached hydrogens (tertiary/aromatic N) is 5. The first-order valence-electron chi connectivity index (χ1n) is 11.2. The quantitative estimate of drug-likeness (QED) is 0.579. The van der Waals surface area contributed by atoms with Crippen LogP contribution in [0.15, 0.2) is 41.8 Å². The van der Waals surface area contributed by atoms with Gasteiger partial charge < -0.3 is 14.4 Å². The minimum Gasteiger partial charge on any atom is -0.488 e. The average molecular weight is 473 g/mol. The van der Waals surface area contributed by atoms with Crippen molar-refractivity contribution in [2.45, 2.75) is 42.9 Å². The largest absolute Gasteiger partial charge is 0.488 e. The minimum atomic E-state index is -3.62. The second kappa shape index (κ2) is 9.24. The average Bonchev–Trinajstić information content (AvgIpc) is 3.28. The van der Waals surface area contributed by atoms with Gasteiger partial charge in [-0.1, -0.05) is 0 Å². The number of benzene rings is 1. The molecular weight excluding hydrogens is 444 g/mol. The molecule has 1 N–H and O–H groups in total. The summed E-state index contributed by atoms with van der Waals surface area (Å²) in [6.07, 6.45) is 7.87. The van der Waals surface area contributed by atoms with E-state index in [0.717, 1.165) is 48.4 Å². The van der Waals surface area contributed by atoms with Crippen molar-refractivity contribution < 1.29 is 17.9 Å². The van der Waals surface area contributed by atoms with Gasteiger partial charge in [-0.25, -0.2) is 18.1 Å². The molecule has 0 unspecified atom stereocenters. The van der Waals surface area contributed by atoms with Crippen LogP contribution in [-0.4, -0.2) is 66.6 Å². The van der Waals surface area contributed by atoms with Gasteiger partial charge in [0.15, 0.2) is 5.03 Å². The number of morpholine rings is 1. The van der Waals surface area contributed by atoms with Crippen molar-refractivity contribution in [3.05, 3.63) is 36.8 Å². The topological polar surface area (TPSA) is 111 Å². The van der Waals surface area contributed by atoms with Gasteiger partial charge in [-0.3, -0.25) is 9.67 Å². The van der Waals surface area contributed by atoms with E-state index in [-0.39, 0.29) is 17.2 Å². The fourth-order valence-corrected chi connectivity index (χ4v) is 5.69. The standard InChI is InChI=1S/C22H28N6O4S/c1-27-9-6-21(25-27)33(29,30)26-16-2-4-18(5-3-16)32-20-15-17(28-10-12-31-13-11-28)14-19-22(20)24-8-7-23-19/h6-9,14-16,18,26H,2-5,10-13H2,1H3/t16-,18+. The molecule has 0 spiro atoms. The van der Waals surface area contributed by atoms with Crippen LogP contribution in [-0.2, 0) is 21.8 Å². The highest BCUT2D eigenvalue weighted by Crippen LogP contribution is 2.33. The van der Waals surface area contributed by atoms with Crippen molar-refractivity contribution in [1.82, 2.24) is 24.5 Å². The molecule has 176 valence electrons. The van der Waals surface area contributed by atoms with Gasteiger partial charge in [-0.2, -0.15) is 5.10 Å². The number of hydrogen-bond acceptors (Lipinski definition) is 8. The molecule has 2 aromatic heterocycles. The van der Waals surface area contributed by atoms with Crippen LogP contribution in [0, 0.1) is 0 Å². The minimum absolute atomic E-state index is 0.00857. The highest BCUT2D eigenvalue weighted by Gasteiger charge is 2.28. The number of rotatable bonds is 6. The van der Waals surface area contributed by atoms with Crippen molar-refractivity contribution in [2.24, 2.45) is 7.05 Å². The maximum Gasteiger partial charge on any atom is 0.260 e. The number of fused-ring (bicyclic) bond motifs is 1. The zero-order valence-electron chi connectivity index (χ0n) is 18.6. The molecule has 0 atom stereocenters. The summed E-state index contributed by atoms with van der Waals surface area (Å²) in [5.74, 6) is 0.722. The van der Waals surface area contributed by atoms with E-state index in [1.807, 2.05) is 12.1 Å². The fraction of sp³-hybridized carbons (Fsp3) is 0.500. The highest BCUT2D eigenvalue weighted by molar-refractivity contribution is 7.89. The molecule has 0 bridgehead atoms. The monoisotopic (exact) mass is 472 g/mol. The molecule has 0 amide bonds. The summed E-state index contributed by atoms with van der Waals surface area (Å²) in [6.45, 7) is 3.06. The van der Waals surface area contributed by atoms with Gasteiger partial charge in [0.25, 0.3) is 10.0 Å². The van der Waals surface area contributed by atoms with E-state index in [1.54, 1.807) is 25.6 Å². The Morgan fingerprint density at radius 1 is 1.09 bits per heavy atom. The highest BCUT2D eigenvalue weighted by atomic mass is 32.2. The lowest BCUT2D eigenvalue weighted by Crippen LogP contribution is -2.39. The molecule has 2 fully saturated rings. The molecule has 1 aromatic carbocycles. The zero-order chi connectivity index (χ0) is 22.8. The van der Waals surface area contributed by atoms with Gasteiger partial charge in [0, 0.05) is 56.5 Å². The smallest absolute Gasteiger partial charge is 0.260 e. The molecular formula is C22H28N6O4S. The van der Waals surface area contributed by atoms with Crippen LogP contribution in [0.25, 0.3) is 11.0 Å². The van der Waals surface area contributed by atoms with Crippen molar-refractivity contribution in [1.29, 1.82) is 0 Å². The number of hydrogen-bond donors (Lipinski definition) is 1. The lowest BCUT2D eigenvalue weighted by molar-refractivity contribution is 0.122. The lowest BCUT2D eigenvalue weighted by Gasteiger charge is -2.31. The Morgan fingerprint density at radius 3 is 2.58 bits per heavy atom. The first-order chi connectivity index (χ1) is 16.0. The zero-order valence-corrected chi connectivity index (χ0v) is 19.4. The molecule has 33 heavy (non-hydrogen) atoms. The molecule has 5 rings (SSSR count). The molecule has 3 heterocycles. The molecule has 1 saturated carbocycles. The Morgan fingerprint density at radius 2 is 1.85 bits per heavy atom. The molecule has 10 nitrogen and oxygen atoms in total. The Bertz CT molecular complexity index is 1220. The number of ether oxygens (including phenoxy) is 2. The number of aryl methyl sites for hydroxylation is 1. The maximum absolute atomic E-state index is 12.6. The molecule has 1 aliphatic heterocycles. The molecule has 1 aliphatic carbocycles. The van der Waals surface area contributed by atoms with E-state index < -0.39 is 10.0 Å². The number of aromatic nitrogens is 4. The van der Waals surface area contributed by atoms with Crippen LogP contribution in [0.1, 0.15) is 25.7 Å². The molecule has 3 aromatic rings. The van der Waals surface area contributed by atoms with E-state index in [2.05, 4.69) is 24.7 Å². The Kier molecular flexibility index (Phi) is 6.17. The second-order valence-corrected chi connectivity index (χ2v) is 10.2. The van der Waals surface area contributed by atoms with Gasteiger partial charge in [-0.15, -0.1) is 0 Å². The van der Waals surface area contributed by atoms with Crippen LogP contribution >= 0.6 is 0 Å². The first kappa shape index (κ1) is 22.1. The van der Waals surface area contributed by atoms with Crippen molar-refractivity contribution >= 4 is 26.7 Å². The van der Waals surface area contributed by atoms with Crippen LogP contribution in [0.4, 0.5) is 5.69 Å². The number of anilines is 1. The predicted molar refractivity (Wildman–Crippen MR) is 123 cm³/mol. The van der Waals surface area contributed by atoms with E-state index in [0.29, 0.717) is 26.1 Å². The first-order valence-corrected chi connectivity index (χ1v) is 12.7. The van der Waals surface area contributed by atoms with E-state index in [1.165, 1.54) is 10.7 Å². The van der Waals surface area contributed by atoms with Crippen molar-refractivity contribution in [3.63, 3.8) is 0 Å². The van der Waals surface area contributed by atoms with Crippen LogP contribution in [0.2, 0.25) is 0 Å². The van der Waals surface area contributed by atoms with Crippen LogP contribution in [0.3, 0.4) is 0 Å². The van der Waals surface area contributed by atoms with Crippen molar-refractivity contribution in [2.75, 3.05) is 31.2 Å². The van der Waals surface area contributed by atoms with Crippen LogP contribution < -0.4 is 14.4 Å². The third kappa shape index (κ3) is 4.94. The predicted octanol–water partition coefficient (Wildman–Crippen LogP) is 1.87. The Hall–Kier alpha value is -2.76. The van der Waals surface area contributed by atoms with Gasteiger partial charge in [0.1, 0.15) is 11.3 Å².